The highest BCUT2D eigenvalue weighted by Gasteiger charge is 2.15. The first-order chi connectivity index (χ1) is 12.0. The van der Waals surface area contributed by atoms with Gasteiger partial charge in [0.25, 0.3) is 5.91 Å². The summed E-state index contributed by atoms with van der Waals surface area (Å²) in [5, 5.41) is 23.8. The maximum Gasteiger partial charge on any atom is 0.325 e. The number of nitrogens with one attached hydrogen (secondary N) is 1. The number of hydrogen-bond acceptors (Lipinski definition) is 5. The van der Waals surface area contributed by atoms with Crippen LogP contribution >= 0.6 is 0 Å². The predicted molar refractivity (Wildman–Crippen MR) is 87.0 cm³/mol. The predicted octanol–water partition coefficient (Wildman–Crippen LogP) is 0.681. The topological polar surface area (TPSA) is 120 Å². The van der Waals surface area contributed by atoms with Gasteiger partial charge in [-0.1, -0.05) is 0 Å². The van der Waals surface area contributed by atoms with Gasteiger partial charge in [0.2, 0.25) is 0 Å². The minimum absolute atomic E-state index is 0.166. The number of anilines is 1. The Morgan fingerprint density at radius 1 is 1.16 bits per heavy atom. The van der Waals surface area contributed by atoms with Crippen molar-refractivity contribution in [1.82, 2.24) is 29.3 Å². The fourth-order valence-corrected chi connectivity index (χ4v) is 2.34. The molecule has 0 aliphatic carbocycles. The van der Waals surface area contributed by atoms with Gasteiger partial charge >= 0.3 is 5.97 Å². The normalized spacial score (nSPS) is 10.8. The Balaban J connectivity index is 1.65. The van der Waals surface area contributed by atoms with Crippen LogP contribution in [0.2, 0.25) is 0 Å². The monoisotopic (exact) mass is 343 g/mol. The van der Waals surface area contributed by atoms with E-state index in [-0.39, 0.29) is 12.2 Å². The number of rotatable bonds is 7. The van der Waals surface area contributed by atoms with Gasteiger partial charge < -0.3 is 10.4 Å². The number of hydrogen-bond donors (Lipinski definition) is 2. The molecule has 3 aromatic rings. The Hall–Kier alpha value is -3.43. The Morgan fingerprint density at radius 3 is 2.68 bits per heavy atom. The molecule has 3 rings (SSSR count). The van der Waals surface area contributed by atoms with Crippen molar-refractivity contribution in [3.8, 4) is 0 Å². The molecule has 25 heavy (non-hydrogen) atoms. The second-order valence-electron chi connectivity index (χ2n) is 5.35. The van der Waals surface area contributed by atoms with Gasteiger partial charge in [0, 0.05) is 30.7 Å². The van der Waals surface area contributed by atoms with Crippen molar-refractivity contribution in [2.24, 2.45) is 0 Å². The number of nitrogens with zero attached hydrogens (tertiary/aromatic N) is 6. The van der Waals surface area contributed by atoms with E-state index in [2.05, 4.69) is 20.6 Å². The van der Waals surface area contributed by atoms with E-state index in [1.165, 1.54) is 18.5 Å². The zero-order valence-electron chi connectivity index (χ0n) is 13.5. The van der Waals surface area contributed by atoms with Crippen LogP contribution in [0.3, 0.4) is 0 Å². The van der Waals surface area contributed by atoms with Crippen molar-refractivity contribution in [3.05, 3.63) is 48.3 Å². The molecule has 0 radical (unpaired) electrons. The molecule has 1 amide bonds. The second-order valence-corrected chi connectivity index (χ2v) is 5.35. The molecule has 0 aromatic carbocycles. The molecular weight excluding hydrogens is 326 g/mol. The van der Waals surface area contributed by atoms with Crippen LogP contribution in [0, 0.1) is 0 Å². The molecule has 2 N–H and O–H groups in total. The lowest BCUT2D eigenvalue weighted by Gasteiger charge is -2.04. The van der Waals surface area contributed by atoms with Gasteiger partial charge in [0.05, 0.1) is 24.6 Å². The van der Waals surface area contributed by atoms with Crippen LogP contribution in [0.15, 0.2) is 37.1 Å². The molecule has 3 heterocycles. The van der Waals surface area contributed by atoms with E-state index >= 15 is 0 Å². The molecule has 0 bridgehead atoms. The molecule has 0 spiro atoms. The fourth-order valence-electron chi connectivity index (χ4n) is 2.34. The zero-order chi connectivity index (χ0) is 17.8. The number of carbonyl (C=O) groups is 2. The van der Waals surface area contributed by atoms with Gasteiger partial charge in [0.15, 0.2) is 0 Å². The van der Waals surface area contributed by atoms with Crippen molar-refractivity contribution in [1.29, 1.82) is 0 Å². The highest BCUT2D eigenvalue weighted by molar-refractivity contribution is 6.03. The number of amides is 1. The Morgan fingerprint density at radius 2 is 1.96 bits per heavy atom. The third-order valence-electron chi connectivity index (χ3n) is 3.48. The number of aryl methyl sites for hydroxylation is 1. The van der Waals surface area contributed by atoms with Gasteiger partial charge in [-0.25, -0.2) is 4.68 Å². The van der Waals surface area contributed by atoms with Crippen LogP contribution in [-0.2, 0) is 24.4 Å². The van der Waals surface area contributed by atoms with E-state index in [1.807, 2.05) is 17.8 Å². The molecule has 0 atom stereocenters. The second kappa shape index (κ2) is 6.99. The SMILES string of the molecule is CCn1cc(Cn2cc(NC(=O)c3ccnn3CC(=O)O)cn2)cn1. The summed E-state index contributed by atoms with van der Waals surface area (Å²) in [7, 11) is 0. The maximum atomic E-state index is 12.3. The molecule has 10 nitrogen and oxygen atoms in total. The van der Waals surface area contributed by atoms with E-state index in [0.717, 1.165) is 16.8 Å². The Bertz CT molecular complexity index is 892. The van der Waals surface area contributed by atoms with Gasteiger partial charge in [-0.15, -0.1) is 0 Å². The molecule has 10 heteroatoms. The molecule has 0 saturated heterocycles. The summed E-state index contributed by atoms with van der Waals surface area (Å²) >= 11 is 0. The zero-order valence-corrected chi connectivity index (χ0v) is 13.5. The average molecular weight is 343 g/mol. The van der Waals surface area contributed by atoms with Crippen LogP contribution < -0.4 is 5.32 Å². The standard InChI is InChI=1S/C15H17N7O3/c1-2-20-7-11(5-17-20)8-21-9-12(6-18-21)19-15(25)13-3-4-16-22(13)10-14(23)24/h3-7,9H,2,8,10H2,1H3,(H,19,25)(H,23,24). The van der Waals surface area contributed by atoms with Gasteiger partial charge in [0.1, 0.15) is 12.2 Å². The highest BCUT2D eigenvalue weighted by Crippen LogP contribution is 2.10. The van der Waals surface area contributed by atoms with E-state index < -0.39 is 11.9 Å². The molecule has 3 aromatic heterocycles. The minimum atomic E-state index is -1.07. The van der Waals surface area contributed by atoms with Crippen molar-refractivity contribution < 1.29 is 14.7 Å². The summed E-state index contributed by atoms with van der Waals surface area (Å²) in [4.78, 5) is 23.1. The molecule has 0 fully saturated rings. The summed E-state index contributed by atoms with van der Waals surface area (Å²) in [5.41, 5.74) is 1.68. The van der Waals surface area contributed by atoms with Crippen molar-refractivity contribution >= 4 is 17.6 Å². The first-order valence-corrected chi connectivity index (χ1v) is 7.64. The third kappa shape index (κ3) is 3.91. The summed E-state index contributed by atoms with van der Waals surface area (Å²) < 4.78 is 4.63. The lowest BCUT2D eigenvalue weighted by Crippen LogP contribution is -2.20. The minimum Gasteiger partial charge on any atom is -0.480 e. The van der Waals surface area contributed by atoms with Crippen LogP contribution in [0.1, 0.15) is 23.0 Å². The fraction of sp³-hybridized carbons (Fsp3) is 0.267. The van der Waals surface area contributed by atoms with Gasteiger partial charge in [-0.05, 0) is 13.0 Å². The number of aliphatic carboxylic acids is 1. The lowest BCUT2D eigenvalue weighted by atomic mass is 10.3. The smallest absolute Gasteiger partial charge is 0.325 e. The van der Waals surface area contributed by atoms with Crippen molar-refractivity contribution in [2.75, 3.05) is 5.32 Å². The van der Waals surface area contributed by atoms with Crippen LogP contribution in [0.5, 0.6) is 0 Å². The first kappa shape index (κ1) is 16.4. The number of aromatic nitrogens is 6. The van der Waals surface area contributed by atoms with Crippen LogP contribution in [0.4, 0.5) is 5.69 Å². The quantitative estimate of drug-likeness (QED) is 0.651. The largest absolute Gasteiger partial charge is 0.480 e. The maximum absolute atomic E-state index is 12.3. The van der Waals surface area contributed by atoms with Gasteiger partial charge in [-0.2, -0.15) is 15.3 Å². The van der Waals surface area contributed by atoms with E-state index in [4.69, 9.17) is 5.11 Å². The summed E-state index contributed by atoms with van der Waals surface area (Å²) in [6.45, 7) is 2.96. The number of carboxylic acid groups (broad SMARTS) is 1. The number of carbonyl (C=O) groups excluding carboxylic acids is 1. The molecule has 130 valence electrons. The Kier molecular flexibility index (Phi) is 4.59. The van der Waals surface area contributed by atoms with Crippen LogP contribution in [0.25, 0.3) is 0 Å². The van der Waals surface area contributed by atoms with E-state index in [9.17, 15) is 9.59 Å². The molecular formula is C15H17N7O3. The van der Waals surface area contributed by atoms with E-state index in [1.54, 1.807) is 17.1 Å². The van der Waals surface area contributed by atoms with Gasteiger partial charge in [-0.3, -0.25) is 19.0 Å². The third-order valence-corrected chi connectivity index (χ3v) is 3.48. The van der Waals surface area contributed by atoms with Crippen LogP contribution in [-0.4, -0.2) is 46.3 Å². The molecule has 0 aliphatic heterocycles. The first-order valence-electron chi connectivity index (χ1n) is 7.64. The van der Waals surface area contributed by atoms with Crippen molar-refractivity contribution in [2.45, 2.75) is 26.6 Å². The molecule has 0 aliphatic rings. The number of carboxylic acids is 1. The molecule has 0 unspecified atom stereocenters. The summed E-state index contributed by atoms with van der Waals surface area (Å²) in [6.07, 6.45) is 8.31. The van der Waals surface area contributed by atoms with E-state index in [0.29, 0.717) is 12.2 Å². The Labute approximate surface area is 142 Å². The average Bonchev–Trinajstić information content (AvgIpc) is 3.28. The lowest BCUT2D eigenvalue weighted by molar-refractivity contribution is -0.137. The highest BCUT2D eigenvalue weighted by atomic mass is 16.4. The van der Waals surface area contributed by atoms with Crippen molar-refractivity contribution in [3.63, 3.8) is 0 Å². The molecule has 0 saturated carbocycles. The summed E-state index contributed by atoms with van der Waals surface area (Å²) in [5.74, 6) is -1.52. The summed E-state index contributed by atoms with van der Waals surface area (Å²) in [6, 6.07) is 1.46.